The van der Waals surface area contributed by atoms with E-state index < -0.39 is 0 Å². The third kappa shape index (κ3) is 2.90. The van der Waals surface area contributed by atoms with Gasteiger partial charge in [-0.2, -0.15) is 0 Å². The maximum Gasteiger partial charge on any atom is 0.163 e. The molecule has 0 amide bonds. The molecule has 0 N–H and O–H groups in total. The largest absolute Gasteiger partial charge is 0.368 e. The van der Waals surface area contributed by atoms with Crippen molar-refractivity contribution in [2.75, 3.05) is 19.7 Å². The van der Waals surface area contributed by atoms with Gasteiger partial charge in [0.15, 0.2) is 5.82 Å². The fourth-order valence-corrected chi connectivity index (χ4v) is 3.33. The molecule has 0 aliphatic carbocycles. The molecule has 3 aromatic rings. The monoisotopic (exact) mass is 323 g/mol. The molecule has 0 bridgehead atoms. The van der Waals surface area contributed by atoms with Gasteiger partial charge in [-0.1, -0.05) is 18.2 Å². The first-order valence-corrected chi connectivity index (χ1v) is 8.38. The van der Waals surface area contributed by atoms with Crippen LogP contribution in [0.3, 0.4) is 0 Å². The summed E-state index contributed by atoms with van der Waals surface area (Å²) in [6.07, 6.45) is 5.54. The lowest BCUT2D eigenvalue weighted by atomic mass is 10.1. The van der Waals surface area contributed by atoms with Crippen molar-refractivity contribution in [2.24, 2.45) is 0 Å². The van der Waals surface area contributed by atoms with Crippen LogP contribution in [0.15, 0.2) is 43.0 Å². The predicted molar refractivity (Wildman–Crippen MR) is 91.4 cm³/mol. The summed E-state index contributed by atoms with van der Waals surface area (Å²) in [5.41, 5.74) is 1.33. The third-order valence-electron chi connectivity index (χ3n) is 4.59. The van der Waals surface area contributed by atoms with Gasteiger partial charge in [0.05, 0.1) is 6.61 Å². The lowest BCUT2D eigenvalue weighted by Crippen LogP contribution is -2.38. The van der Waals surface area contributed by atoms with Crippen molar-refractivity contribution in [1.82, 2.24) is 24.6 Å². The fourth-order valence-electron chi connectivity index (χ4n) is 3.33. The van der Waals surface area contributed by atoms with Gasteiger partial charge in [0.25, 0.3) is 0 Å². The highest BCUT2D eigenvalue weighted by molar-refractivity contribution is 5.84. The SMILES string of the molecule is CCn1cnnc1[C@@H]1CN(Cc2cccc3cnccc23)CCO1. The minimum absolute atomic E-state index is 0.0159. The molecule has 1 atom stereocenters. The van der Waals surface area contributed by atoms with Gasteiger partial charge in [-0.3, -0.25) is 9.88 Å². The molecule has 0 saturated carbocycles. The number of aromatic nitrogens is 4. The second kappa shape index (κ2) is 6.67. The molecule has 1 saturated heterocycles. The van der Waals surface area contributed by atoms with E-state index in [2.05, 4.69) is 55.8 Å². The smallest absolute Gasteiger partial charge is 0.163 e. The molecule has 4 rings (SSSR count). The Morgan fingerprint density at radius 3 is 3.17 bits per heavy atom. The van der Waals surface area contributed by atoms with Gasteiger partial charge >= 0.3 is 0 Å². The summed E-state index contributed by atoms with van der Waals surface area (Å²) in [7, 11) is 0. The minimum atomic E-state index is -0.0159. The van der Waals surface area contributed by atoms with Crippen LogP contribution >= 0.6 is 0 Å². The van der Waals surface area contributed by atoms with E-state index in [0.717, 1.165) is 32.0 Å². The summed E-state index contributed by atoms with van der Waals surface area (Å²) in [5.74, 6) is 0.921. The number of pyridine rings is 1. The Kier molecular flexibility index (Phi) is 4.23. The van der Waals surface area contributed by atoms with Crippen molar-refractivity contribution in [3.8, 4) is 0 Å². The first-order valence-electron chi connectivity index (χ1n) is 8.38. The van der Waals surface area contributed by atoms with Crippen LogP contribution in [0.5, 0.6) is 0 Å². The van der Waals surface area contributed by atoms with Crippen LogP contribution in [0.2, 0.25) is 0 Å². The molecule has 124 valence electrons. The van der Waals surface area contributed by atoms with Gasteiger partial charge in [0.1, 0.15) is 12.4 Å². The lowest BCUT2D eigenvalue weighted by molar-refractivity contribution is -0.0387. The molecule has 6 nitrogen and oxygen atoms in total. The van der Waals surface area contributed by atoms with Crippen LogP contribution in [-0.4, -0.2) is 44.3 Å². The summed E-state index contributed by atoms with van der Waals surface area (Å²) in [4.78, 5) is 6.64. The molecule has 0 spiro atoms. The van der Waals surface area contributed by atoms with Crippen LogP contribution < -0.4 is 0 Å². The van der Waals surface area contributed by atoms with Gasteiger partial charge in [-0.25, -0.2) is 0 Å². The van der Waals surface area contributed by atoms with Gasteiger partial charge < -0.3 is 9.30 Å². The Balaban J connectivity index is 1.54. The molecule has 1 fully saturated rings. The molecule has 24 heavy (non-hydrogen) atoms. The van der Waals surface area contributed by atoms with Gasteiger partial charge in [0, 0.05) is 44.0 Å². The van der Waals surface area contributed by atoms with E-state index in [1.54, 1.807) is 6.33 Å². The number of aryl methyl sites for hydroxylation is 1. The highest BCUT2D eigenvalue weighted by Crippen LogP contribution is 2.24. The Morgan fingerprint density at radius 2 is 2.25 bits per heavy atom. The number of hydrogen-bond acceptors (Lipinski definition) is 5. The van der Waals surface area contributed by atoms with Crippen molar-refractivity contribution in [2.45, 2.75) is 26.1 Å². The Labute approximate surface area is 141 Å². The molecule has 0 radical (unpaired) electrons. The zero-order chi connectivity index (χ0) is 16.4. The average molecular weight is 323 g/mol. The van der Waals surface area contributed by atoms with Crippen LogP contribution in [0, 0.1) is 0 Å². The fraction of sp³-hybridized carbons (Fsp3) is 0.389. The van der Waals surface area contributed by atoms with Gasteiger partial charge in [-0.15, -0.1) is 10.2 Å². The van der Waals surface area contributed by atoms with Crippen LogP contribution in [0.25, 0.3) is 10.8 Å². The van der Waals surface area contributed by atoms with Crippen molar-refractivity contribution >= 4 is 10.8 Å². The lowest BCUT2D eigenvalue weighted by Gasteiger charge is -2.32. The van der Waals surface area contributed by atoms with Crippen molar-refractivity contribution in [3.63, 3.8) is 0 Å². The Morgan fingerprint density at radius 1 is 1.29 bits per heavy atom. The number of benzene rings is 1. The minimum Gasteiger partial charge on any atom is -0.368 e. The van der Waals surface area contributed by atoms with E-state index >= 15 is 0 Å². The van der Waals surface area contributed by atoms with E-state index in [9.17, 15) is 0 Å². The topological polar surface area (TPSA) is 56.1 Å². The second-order valence-electron chi connectivity index (χ2n) is 6.08. The predicted octanol–water partition coefficient (Wildman–Crippen LogP) is 2.42. The first-order chi connectivity index (χ1) is 11.8. The van der Waals surface area contributed by atoms with E-state index in [-0.39, 0.29) is 6.10 Å². The normalized spacial score (nSPS) is 19.0. The summed E-state index contributed by atoms with van der Waals surface area (Å²) < 4.78 is 8.00. The molecular formula is C18H21N5O. The summed E-state index contributed by atoms with van der Waals surface area (Å²) in [6.45, 7) is 6.34. The quantitative estimate of drug-likeness (QED) is 0.738. The highest BCUT2D eigenvalue weighted by atomic mass is 16.5. The Hall–Kier alpha value is -2.31. The maximum absolute atomic E-state index is 5.95. The summed E-state index contributed by atoms with van der Waals surface area (Å²) in [5, 5.41) is 10.7. The molecule has 1 aromatic carbocycles. The molecule has 3 heterocycles. The molecule has 2 aromatic heterocycles. The number of hydrogen-bond donors (Lipinski definition) is 0. The summed E-state index contributed by atoms with van der Waals surface area (Å²) >= 11 is 0. The van der Waals surface area contributed by atoms with Crippen LogP contribution in [-0.2, 0) is 17.8 Å². The number of morpholine rings is 1. The van der Waals surface area contributed by atoms with E-state index in [0.29, 0.717) is 6.61 Å². The number of rotatable bonds is 4. The molecular weight excluding hydrogens is 302 g/mol. The first kappa shape index (κ1) is 15.2. The standard InChI is InChI=1S/C18H21N5O/c1-2-23-13-20-21-18(23)17-12-22(8-9-24-17)11-15-5-3-4-14-10-19-7-6-16(14)15/h3-7,10,13,17H,2,8-9,11-12H2,1H3/t17-/m0/s1. The number of ether oxygens (including phenoxy) is 1. The average Bonchev–Trinajstić information content (AvgIpc) is 3.11. The Bertz CT molecular complexity index is 826. The van der Waals surface area contributed by atoms with E-state index in [4.69, 9.17) is 4.74 Å². The second-order valence-corrected chi connectivity index (χ2v) is 6.08. The van der Waals surface area contributed by atoms with Crippen molar-refractivity contribution < 1.29 is 4.74 Å². The van der Waals surface area contributed by atoms with Crippen LogP contribution in [0.1, 0.15) is 24.4 Å². The van der Waals surface area contributed by atoms with Crippen LogP contribution in [0.4, 0.5) is 0 Å². The van der Waals surface area contributed by atoms with E-state index in [1.807, 2.05) is 12.4 Å². The molecule has 1 aliphatic rings. The van der Waals surface area contributed by atoms with E-state index in [1.165, 1.54) is 16.3 Å². The van der Waals surface area contributed by atoms with Crippen molar-refractivity contribution in [3.05, 3.63) is 54.4 Å². The van der Waals surface area contributed by atoms with Crippen molar-refractivity contribution in [1.29, 1.82) is 0 Å². The zero-order valence-electron chi connectivity index (χ0n) is 13.8. The van der Waals surface area contributed by atoms with Gasteiger partial charge in [0.2, 0.25) is 0 Å². The molecule has 1 aliphatic heterocycles. The third-order valence-corrected chi connectivity index (χ3v) is 4.59. The number of fused-ring (bicyclic) bond motifs is 1. The zero-order valence-corrected chi connectivity index (χ0v) is 13.8. The highest BCUT2D eigenvalue weighted by Gasteiger charge is 2.26. The van der Waals surface area contributed by atoms with Gasteiger partial charge in [-0.05, 0) is 23.9 Å². The molecule has 6 heteroatoms. The molecule has 0 unspecified atom stereocenters. The maximum atomic E-state index is 5.95. The number of nitrogens with zero attached hydrogens (tertiary/aromatic N) is 5. The summed E-state index contributed by atoms with van der Waals surface area (Å²) in [6, 6.07) is 8.50.